The molecule has 1 atom stereocenters. The van der Waals surface area contributed by atoms with Crippen LogP contribution in [0, 0.1) is 0 Å². The molecule has 0 aliphatic carbocycles. The Balaban J connectivity index is 2.87. The van der Waals surface area contributed by atoms with E-state index in [2.05, 4.69) is 22.5 Å². The topological polar surface area (TPSA) is 35.2 Å². The molecule has 0 heterocycles. The molecule has 0 saturated heterocycles. The fraction of sp³-hybridized carbons (Fsp3) is 0.333. The Morgan fingerprint density at radius 1 is 1.60 bits per heavy atom. The van der Waals surface area contributed by atoms with Gasteiger partial charge in [0.15, 0.2) is 0 Å². The van der Waals surface area contributed by atoms with Gasteiger partial charge >= 0.3 is 0 Å². The highest BCUT2D eigenvalue weighted by atomic mass is 79.9. The number of benzene rings is 1. The van der Waals surface area contributed by atoms with Gasteiger partial charge in [-0.15, -0.1) is 6.58 Å². The van der Waals surface area contributed by atoms with Gasteiger partial charge in [-0.1, -0.05) is 11.6 Å². The lowest BCUT2D eigenvalue weighted by atomic mass is 10.0. The molecule has 0 bridgehead atoms. The Bertz CT molecular complexity index is 363. The van der Waals surface area contributed by atoms with E-state index < -0.39 is 0 Å². The third kappa shape index (κ3) is 3.36. The molecule has 0 aromatic heterocycles. The molecular formula is C12H16BrNO. The molecule has 0 aliphatic rings. The van der Waals surface area contributed by atoms with Crippen LogP contribution in [0.5, 0.6) is 5.75 Å². The van der Waals surface area contributed by atoms with E-state index in [9.17, 15) is 0 Å². The van der Waals surface area contributed by atoms with E-state index in [-0.39, 0.29) is 6.04 Å². The molecular weight excluding hydrogens is 254 g/mol. The molecule has 1 aromatic carbocycles. The normalized spacial score (nSPS) is 12.3. The van der Waals surface area contributed by atoms with Crippen LogP contribution in [0.4, 0.5) is 0 Å². The largest absolute Gasteiger partial charge is 0.496 e. The first-order valence-electron chi connectivity index (χ1n) is 4.78. The minimum atomic E-state index is 0.00436. The van der Waals surface area contributed by atoms with Crippen molar-refractivity contribution in [1.82, 2.24) is 0 Å². The summed E-state index contributed by atoms with van der Waals surface area (Å²) in [4.78, 5) is 0. The van der Waals surface area contributed by atoms with Crippen molar-refractivity contribution in [2.45, 2.75) is 19.4 Å². The van der Waals surface area contributed by atoms with Crippen molar-refractivity contribution >= 4 is 15.9 Å². The third-order valence-electron chi connectivity index (χ3n) is 2.17. The maximum atomic E-state index is 6.03. The summed E-state index contributed by atoms with van der Waals surface area (Å²) >= 11 is 3.44. The molecule has 0 radical (unpaired) electrons. The van der Waals surface area contributed by atoms with Gasteiger partial charge in [0, 0.05) is 6.04 Å². The van der Waals surface area contributed by atoms with Crippen LogP contribution in [0.2, 0.25) is 0 Å². The van der Waals surface area contributed by atoms with Crippen LogP contribution >= 0.6 is 15.9 Å². The fourth-order valence-electron chi connectivity index (χ4n) is 1.41. The molecule has 15 heavy (non-hydrogen) atoms. The Labute approximate surface area is 99.3 Å². The SMILES string of the molecule is C=C(C)C[C@H](N)c1ccc(OC)c(Br)c1. The van der Waals surface area contributed by atoms with Crippen LogP contribution in [0.25, 0.3) is 0 Å². The highest BCUT2D eigenvalue weighted by Gasteiger charge is 2.08. The second-order valence-corrected chi connectivity index (χ2v) is 4.52. The first kappa shape index (κ1) is 12.3. The van der Waals surface area contributed by atoms with E-state index in [1.807, 2.05) is 25.1 Å². The Morgan fingerprint density at radius 2 is 2.27 bits per heavy atom. The minimum Gasteiger partial charge on any atom is -0.496 e. The lowest BCUT2D eigenvalue weighted by Crippen LogP contribution is -2.10. The third-order valence-corrected chi connectivity index (χ3v) is 2.79. The van der Waals surface area contributed by atoms with Crippen molar-refractivity contribution in [3.05, 3.63) is 40.4 Å². The van der Waals surface area contributed by atoms with Gasteiger partial charge in [-0.3, -0.25) is 0 Å². The van der Waals surface area contributed by atoms with Gasteiger partial charge in [0.05, 0.1) is 11.6 Å². The van der Waals surface area contributed by atoms with Crippen molar-refractivity contribution in [1.29, 1.82) is 0 Å². The number of hydrogen-bond acceptors (Lipinski definition) is 2. The fourth-order valence-corrected chi connectivity index (χ4v) is 1.96. The van der Waals surface area contributed by atoms with Crippen LogP contribution in [-0.2, 0) is 0 Å². The van der Waals surface area contributed by atoms with Crippen LogP contribution in [0.15, 0.2) is 34.8 Å². The molecule has 0 spiro atoms. The van der Waals surface area contributed by atoms with Gasteiger partial charge in [-0.25, -0.2) is 0 Å². The lowest BCUT2D eigenvalue weighted by Gasteiger charge is -2.13. The molecule has 2 nitrogen and oxygen atoms in total. The van der Waals surface area contributed by atoms with Crippen molar-refractivity contribution < 1.29 is 4.74 Å². The predicted molar refractivity (Wildman–Crippen MR) is 67.1 cm³/mol. The summed E-state index contributed by atoms with van der Waals surface area (Å²) in [6.45, 7) is 5.84. The van der Waals surface area contributed by atoms with E-state index in [0.29, 0.717) is 0 Å². The van der Waals surface area contributed by atoms with E-state index in [1.54, 1.807) is 7.11 Å². The Morgan fingerprint density at radius 3 is 2.73 bits per heavy atom. The quantitative estimate of drug-likeness (QED) is 0.851. The minimum absolute atomic E-state index is 0.00436. The summed E-state index contributed by atoms with van der Waals surface area (Å²) in [5.74, 6) is 0.821. The van der Waals surface area contributed by atoms with Gasteiger partial charge in [0.2, 0.25) is 0 Å². The summed E-state index contributed by atoms with van der Waals surface area (Å²) in [5.41, 5.74) is 8.21. The first-order chi connectivity index (χ1) is 7.04. The molecule has 0 fully saturated rings. The van der Waals surface area contributed by atoms with Gasteiger partial charge in [-0.05, 0) is 47.0 Å². The summed E-state index contributed by atoms with van der Waals surface area (Å²) < 4.78 is 6.09. The summed E-state index contributed by atoms with van der Waals surface area (Å²) in [7, 11) is 1.65. The van der Waals surface area contributed by atoms with Crippen LogP contribution in [-0.4, -0.2) is 7.11 Å². The zero-order chi connectivity index (χ0) is 11.4. The summed E-state index contributed by atoms with van der Waals surface area (Å²) in [6, 6.07) is 5.89. The zero-order valence-electron chi connectivity index (χ0n) is 9.09. The number of methoxy groups -OCH3 is 1. The summed E-state index contributed by atoms with van der Waals surface area (Å²) in [6.07, 6.45) is 0.804. The van der Waals surface area contributed by atoms with Crippen molar-refractivity contribution in [2.75, 3.05) is 7.11 Å². The van der Waals surface area contributed by atoms with Crippen molar-refractivity contribution in [2.24, 2.45) is 5.73 Å². The first-order valence-corrected chi connectivity index (χ1v) is 5.57. The smallest absolute Gasteiger partial charge is 0.133 e. The van der Waals surface area contributed by atoms with E-state index in [4.69, 9.17) is 10.5 Å². The highest BCUT2D eigenvalue weighted by Crippen LogP contribution is 2.28. The van der Waals surface area contributed by atoms with E-state index in [0.717, 1.165) is 27.8 Å². The Hall–Kier alpha value is -0.800. The molecule has 82 valence electrons. The van der Waals surface area contributed by atoms with Crippen LogP contribution in [0.1, 0.15) is 24.9 Å². The maximum Gasteiger partial charge on any atom is 0.133 e. The van der Waals surface area contributed by atoms with Gasteiger partial charge in [0.25, 0.3) is 0 Å². The van der Waals surface area contributed by atoms with Gasteiger partial charge in [-0.2, -0.15) is 0 Å². The van der Waals surface area contributed by atoms with Gasteiger partial charge in [0.1, 0.15) is 5.75 Å². The number of hydrogen-bond donors (Lipinski definition) is 1. The molecule has 2 N–H and O–H groups in total. The second kappa shape index (κ2) is 5.33. The standard InChI is InChI=1S/C12H16BrNO/c1-8(2)6-11(14)9-4-5-12(15-3)10(13)7-9/h4-5,7,11H,1,6,14H2,2-3H3/t11-/m0/s1. The molecule has 0 aliphatic heterocycles. The molecule has 1 rings (SSSR count). The summed E-state index contributed by atoms with van der Waals surface area (Å²) in [5, 5.41) is 0. The monoisotopic (exact) mass is 269 g/mol. The molecule has 0 saturated carbocycles. The van der Waals surface area contributed by atoms with Gasteiger partial charge < -0.3 is 10.5 Å². The van der Waals surface area contributed by atoms with Crippen LogP contribution < -0.4 is 10.5 Å². The zero-order valence-corrected chi connectivity index (χ0v) is 10.7. The van der Waals surface area contributed by atoms with Crippen molar-refractivity contribution in [3.63, 3.8) is 0 Å². The Kier molecular flexibility index (Phi) is 4.36. The number of ether oxygens (including phenoxy) is 1. The predicted octanol–water partition coefficient (Wildman–Crippen LogP) is 3.42. The van der Waals surface area contributed by atoms with Crippen molar-refractivity contribution in [3.8, 4) is 5.75 Å². The number of nitrogens with two attached hydrogens (primary N) is 1. The average molecular weight is 270 g/mol. The highest BCUT2D eigenvalue weighted by molar-refractivity contribution is 9.10. The second-order valence-electron chi connectivity index (χ2n) is 3.66. The van der Waals surface area contributed by atoms with E-state index in [1.165, 1.54) is 0 Å². The molecule has 1 aromatic rings. The average Bonchev–Trinajstić information content (AvgIpc) is 2.16. The van der Waals surface area contributed by atoms with E-state index >= 15 is 0 Å². The molecule has 0 unspecified atom stereocenters. The number of halogens is 1. The maximum absolute atomic E-state index is 6.03. The number of rotatable bonds is 4. The lowest BCUT2D eigenvalue weighted by molar-refractivity contribution is 0.412. The molecule has 3 heteroatoms. The molecule has 0 amide bonds. The van der Waals surface area contributed by atoms with Crippen LogP contribution in [0.3, 0.4) is 0 Å².